The van der Waals surface area contributed by atoms with Crippen LogP contribution in [0, 0.1) is 0 Å². The monoisotopic (exact) mass is 439 g/mol. The maximum Gasteiger partial charge on any atom is 0.233 e. The molecule has 0 aliphatic carbocycles. The van der Waals surface area contributed by atoms with Gasteiger partial charge in [0, 0.05) is 58.9 Å². The van der Waals surface area contributed by atoms with Crippen LogP contribution in [0.5, 0.6) is 0 Å². The lowest BCUT2D eigenvalue weighted by Gasteiger charge is -2.31. The molecule has 3 aromatic carbocycles. The summed E-state index contributed by atoms with van der Waals surface area (Å²) in [6.07, 6.45) is 1.50. The number of hydrogen-bond acceptors (Lipinski definition) is 3. The summed E-state index contributed by atoms with van der Waals surface area (Å²) in [6.45, 7) is 2.73. The third-order valence-corrected chi connectivity index (χ3v) is 7.71. The summed E-state index contributed by atoms with van der Waals surface area (Å²) in [5.41, 5.74) is 6.04. The van der Waals surface area contributed by atoms with E-state index in [4.69, 9.17) is 0 Å². The van der Waals surface area contributed by atoms with E-state index in [1.54, 1.807) is 11.8 Å². The summed E-state index contributed by atoms with van der Waals surface area (Å²) in [5, 5.41) is 1.33. The molecule has 0 fully saturated rings. The molecule has 0 atom stereocenters. The number of aryl methyl sites for hydroxylation is 1. The summed E-state index contributed by atoms with van der Waals surface area (Å²) in [6, 6.07) is 25.1. The maximum atomic E-state index is 13.7. The molecule has 32 heavy (non-hydrogen) atoms. The first kappa shape index (κ1) is 19.6. The molecule has 1 aromatic heterocycles. The molecule has 5 heteroatoms. The minimum Gasteiger partial charge on any atom is -0.344 e. The fraction of sp³-hybridized carbons (Fsp3) is 0.222. The number of nitrogens with zero attached hydrogens (tertiary/aromatic N) is 3. The molecule has 0 N–H and O–H groups in total. The van der Waals surface area contributed by atoms with Gasteiger partial charge in [-0.1, -0.05) is 54.2 Å². The van der Waals surface area contributed by atoms with Crippen LogP contribution in [0.2, 0.25) is 0 Å². The lowest BCUT2D eigenvalue weighted by molar-refractivity contribution is -0.118. The van der Waals surface area contributed by atoms with E-state index in [2.05, 4.69) is 65.0 Å². The van der Waals surface area contributed by atoms with Gasteiger partial charge in [-0.2, -0.15) is 0 Å². The highest BCUT2D eigenvalue weighted by molar-refractivity contribution is 7.99. The van der Waals surface area contributed by atoms with Gasteiger partial charge in [0.1, 0.15) is 0 Å². The number of para-hydroxylation sites is 3. The molecular weight excluding hydrogens is 414 g/mol. The van der Waals surface area contributed by atoms with E-state index in [0.717, 1.165) is 40.7 Å². The first-order chi connectivity index (χ1) is 15.7. The average Bonchev–Trinajstić information content (AvgIpc) is 3.13. The van der Waals surface area contributed by atoms with Crippen molar-refractivity contribution >= 4 is 39.9 Å². The Kier molecular flexibility index (Phi) is 4.81. The van der Waals surface area contributed by atoms with Gasteiger partial charge in [0.15, 0.2) is 0 Å². The van der Waals surface area contributed by atoms with Gasteiger partial charge in [0.2, 0.25) is 5.91 Å². The van der Waals surface area contributed by atoms with E-state index >= 15 is 0 Å². The molecule has 0 saturated carbocycles. The molecule has 0 bridgehead atoms. The first-order valence-corrected chi connectivity index (χ1v) is 12.0. The lowest BCUT2D eigenvalue weighted by atomic mass is 10.1. The highest BCUT2D eigenvalue weighted by Crippen LogP contribution is 2.48. The Bertz CT molecular complexity index is 1300. The molecule has 2 aliphatic heterocycles. The second-order valence-corrected chi connectivity index (χ2v) is 9.68. The highest BCUT2D eigenvalue weighted by atomic mass is 32.2. The second-order valence-electron chi connectivity index (χ2n) is 8.60. The van der Waals surface area contributed by atoms with Gasteiger partial charge in [-0.3, -0.25) is 9.69 Å². The number of carbonyl (C=O) groups excluding carboxylic acids is 1. The lowest BCUT2D eigenvalue weighted by Crippen LogP contribution is -2.30. The van der Waals surface area contributed by atoms with E-state index in [9.17, 15) is 4.79 Å². The van der Waals surface area contributed by atoms with Crippen molar-refractivity contribution in [2.24, 2.45) is 0 Å². The van der Waals surface area contributed by atoms with Crippen molar-refractivity contribution in [3.63, 3.8) is 0 Å². The number of hydrogen-bond donors (Lipinski definition) is 0. The van der Waals surface area contributed by atoms with Gasteiger partial charge in [0.05, 0.1) is 11.4 Å². The van der Waals surface area contributed by atoms with E-state index in [1.165, 1.54) is 22.2 Å². The van der Waals surface area contributed by atoms with Gasteiger partial charge < -0.3 is 9.47 Å². The van der Waals surface area contributed by atoms with E-state index < -0.39 is 0 Å². The van der Waals surface area contributed by atoms with Crippen molar-refractivity contribution in [3.8, 4) is 0 Å². The number of amides is 1. The molecule has 6 rings (SSSR count). The highest BCUT2D eigenvalue weighted by Gasteiger charge is 2.28. The van der Waals surface area contributed by atoms with E-state index in [-0.39, 0.29) is 5.91 Å². The Morgan fingerprint density at radius 2 is 1.56 bits per heavy atom. The molecular formula is C27H25N3OS. The molecule has 1 amide bonds. The first-order valence-electron chi connectivity index (χ1n) is 11.2. The Balaban J connectivity index is 1.35. The zero-order valence-electron chi connectivity index (χ0n) is 18.1. The Labute approximate surface area is 192 Å². The molecule has 0 unspecified atom stereocenters. The van der Waals surface area contributed by atoms with Crippen LogP contribution in [0.1, 0.15) is 17.7 Å². The van der Waals surface area contributed by atoms with Crippen molar-refractivity contribution in [2.45, 2.75) is 35.7 Å². The molecule has 0 radical (unpaired) electrons. The third-order valence-electron chi connectivity index (χ3n) is 6.58. The van der Waals surface area contributed by atoms with Crippen molar-refractivity contribution < 1.29 is 4.79 Å². The average molecular weight is 440 g/mol. The quantitative estimate of drug-likeness (QED) is 0.401. The third kappa shape index (κ3) is 3.15. The summed E-state index contributed by atoms with van der Waals surface area (Å²) in [5.74, 6) is 0.143. The van der Waals surface area contributed by atoms with Crippen molar-refractivity contribution in [2.75, 3.05) is 18.5 Å². The molecule has 160 valence electrons. The zero-order chi connectivity index (χ0) is 21.7. The van der Waals surface area contributed by atoms with Gasteiger partial charge in [-0.15, -0.1) is 0 Å². The Morgan fingerprint density at radius 3 is 2.31 bits per heavy atom. The number of fused-ring (bicyclic) bond motifs is 5. The predicted octanol–water partition coefficient (Wildman–Crippen LogP) is 5.85. The molecule has 0 spiro atoms. The number of benzene rings is 3. The van der Waals surface area contributed by atoms with Gasteiger partial charge >= 0.3 is 0 Å². The number of anilines is 2. The van der Waals surface area contributed by atoms with Crippen LogP contribution in [-0.2, 0) is 24.3 Å². The van der Waals surface area contributed by atoms with Gasteiger partial charge in [-0.25, -0.2) is 0 Å². The van der Waals surface area contributed by atoms with Gasteiger partial charge in [-0.05, 0) is 42.9 Å². The number of carbonyl (C=O) groups is 1. The maximum absolute atomic E-state index is 13.7. The number of rotatable bonds is 3. The standard InChI is InChI=1S/C27H25N3OS/c1-28-16-14-22-20(18-28)19-8-2-3-9-21(19)29(22)17-15-27(31)30-23-10-4-6-12-25(23)32-26-13-7-5-11-24(26)30/h2-13H,14-18H2,1H3. The Hall–Kier alpha value is -3.02. The SMILES string of the molecule is CN1CCc2c(c3ccccc3n2CCC(=O)N2c3ccccc3Sc3ccccc32)C1. The number of likely N-dealkylation sites (N-methyl/N-ethyl adjacent to an activating group) is 1. The molecule has 2 aliphatic rings. The van der Waals surface area contributed by atoms with Crippen molar-refractivity contribution in [1.29, 1.82) is 0 Å². The smallest absolute Gasteiger partial charge is 0.233 e. The van der Waals surface area contributed by atoms with E-state index in [0.29, 0.717) is 13.0 Å². The minimum atomic E-state index is 0.143. The fourth-order valence-corrected chi connectivity index (χ4v) is 6.14. The predicted molar refractivity (Wildman–Crippen MR) is 131 cm³/mol. The van der Waals surface area contributed by atoms with Crippen LogP contribution >= 0.6 is 11.8 Å². The second kappa shape index (κ2) is 7.84. The summed E-state index contributed by atoms with van der Waals surface area (Å²) in [4.78, 5) is 20.2. The largest absolute Gasteiger partial charge is 0.344 e. The van der Waals surface area contributed by atoms with Crippen LogP contribution in [-0.4, -0.2) is 29.0 Å². The molecule has 4 nitrogen and oxygen atoms in total. The van der Waals surface area contributed by atoms with Crippen LogP contribution in [0.3, 0.4) is 0 Å². The fourth-order valence-electron chi connectivity index (χ4n) is 5.08. The molecule has 4 aromatic rings. The normalized spacial score (nSPS) is 15.3. The summed E-state index contributed by atoms with van der Waals surface area (Å²) < 4.78 is 2.39. The topological polar surface area (TPSA) is 28.5 Å². The number of aromatic nitrogens is 1. The van der Waals surface area contributed by atoms with Crippen molar-refractivity contribution in [3.05, 3.63) is 84.1 Å². The molecule has 0 saturated heterocycles. The van der Waals surface area contributed by atoms with Crippen LogP contribution in [0.4, 0.5) is 11.4 Å². The van der Waals surface area contributed by atoms with Crippen LogP contribution in [0.15, 0.2) is 82.6 Å². The molecule has 3 heterocycles. The van der Waals surface area contributed by atoms with E-state index in [1.807, 2.05) is 29.2 Å². The zero-order valence-corrected chi connectivity index (χ0v) is 18.9. The van der Waals surface area contributed by atoms with Crippen LogP contribution in [0.25, 0.3) is 10.9 Å². The summed E-state index contributed by atoms with van der Waals surface area (Å²) in [7, 11) is 2.18. The van der Waals surface area contributed by atoms with Crippen molar-refractivity contribution in [1.82, 2.24) is 9.47 Å². The Morgan fingerprint density at radius 1 is 0.906 bits per heavy atom. The summed E-state index contributed by atoms with van der Waals surface area (Å²) >= 11 is 1.74. The van der Waals surface area contributed by atoms with Crippen LogP contribution < -0.4 is 4.90 Å². The van der Waals surface area contributed by atoms with Gasteiger partial charge in [0.25, 0.3) is 0 Å². The minimum absolute atomic E-state index is 0.143.